The van der Waals surface area contributed by atoms with Crippen LogP contribution in [0.15, 0.2) is 23.1 Å². The van der Waals surface area contributed by atoms with Crippen LogP contribution in [-0.4, -0.2) is 32.5 Å². The van der Waals surface area contributed by atoms with E-state index in [0.717, 1.165) is 11.5 Å². The van der Waals surface area contributed by atoms with Crippen molar-refractivity contribution in [3.8, 4) is 5.75 Å². The molecule has 1 heterocycles. The highest BCUT2D eigenvalue weighted by molar-refractivity contribution is 7.99. The molecule has 1 aromatic carbocycles. The van der Waals surface area contributed by atoms with E-state index in [1.54, 1.807) is 7.11 Å². The van der Waals surface area contributed by atoms with Crippen LogP contribution in [-0.2, 0) is 0 Å². The molecule has 2 rings (SSSR count). The average molecular weight is 224 g/mol. The Kier molecular flexibility index (Phi) is 3.07. The summed E-state index contributed by atoms with van der Waals surface area (Å²) in [6.07, 6.45) is 0. The third-order valence-electron chi connectivity index (χ3n) is 2.79. The molecule has 15 heavy (non-hydrogen) atoms. The lowest BCUT2D eigenvalue weighted by Crippen LogP contribution is -2.42. The largest absolute Gasteiger partial charge is 0.495 e. The third-order valence-corrected chi connectivity index (χ3v) is 3.98. The molecule has 0 fully saturated rings. The molecule has 0 saturated carbocycles. The Morgan fingerprint density at radius 1 is 1.60 bits per heavy atom. The first-order valence-corrected chi connectivity index (χ1v) is 5.99. The summed E-state index contributed by atoms with van der Waals surface area (Å²) in [7, 11) is 3.79. The molecule has 0 radical (unpaired) electrons. The van der Waals surface area contributed by atoms with Crippen molar-refractivity contribution < 1.29 is 4.74 Å². The van der Waals surface area contributed by atoms with Crippen molar-refractivity contribution >= 4 is 17.4 Å². The Balaban J connectivity index is 2.43. The van der Waals surface area contributed by atoms with E-state index in [0.29, 0.717) is 12.6 Å². The van der Waals surface area contributed by atoms with Crippen LogP contribution >= 0.6 is 11.8 Å². The van der Waals surface area contributed by atoms with Crippen molar-refractivity contribution in [1.82, 2.24) is 0 Å². The number of hydrogen-bond acceptors (Lipinski definition) is 4. The number of methoxy groups -OCH3 is 1. The Labute approximate surface area is 94.6 Å². The number of anilines is 1. The van der Waals surface area contributed by atoms with Gasteiger partial charge in [0, 0.05) is 24.2 Å². The van der Waals surface area contributed by atoms with Crippen LogP contribution in [0.1, 0.15) is 0 Å². The van der Waals surface area contributed by atoms with Gasteiger partial charge < -0.3 is 15.4 Å². The summed E-state index contributed by atoms with van der Waals surface area (Å²) < 4.78 is 5.38. The minimum Gasteiger partial charge on any atom is -0.495 e. The number of rotatable bonds is 2. The van der Waals surface area contributed by atoms with E-state index in [-0.39, 0.29) is 0 Å². The molecule has 1 unspecified atom stereocenters. The Hall–Kier alpha value is -0.870. The smallest absolute Gasteiger partial charge is 0.143 e. The van der Waals surface area contributed by atoms with Crippen molar-refractivity contribution in [3.05, 3.63) is 18.2 Å². The number of thioether (sulfide) groups is 1. The summed E-state index contributed by atoms with van der Waals surface area (Å²) >= 11 is 1.85. The highest BCUT2D eigenvalue weighted by Gasteiger charge is 2.25. The number of nitrogens with two attached hydrogens (primary N) is 1. The van der Waals surface area contributed by atoms with Crippen LogP contribution in [0.25, 0.3) is 0 Å². The number of likely N-dealkylation sites (N-methyl/N-ethyl adjacent to an activating group) is 1. The highest BCUT2D eigenvalue weighted by atomic mass is 32.2. The fourth-order valence-corrected chi connectivity index (χ4v) is 3.13. The normalized spacial score (nSPS) is 19.9. The molecule has 1 aromatic rings. The summed E-state index contributed by atoms with van der Waals surface area (Å²) in [6.45, 7) is 0.682. The number of benzene rings is 1. The predicted molar refractivity (Wildman–Crippen MR) is 65.0 cm³/mol. The molecule has 0 saturated heterocycles. The number of hydrogen-bond donors (Lipinski definition) is 1. The Morgan fingerprint density at radius 3 is 3.07 bits per heavy atom. The maximum atomic E-state index is 5.75. The third kappa shape index (κ3) is 1.79. The van der Waals surface area contributed by atoms with Crippen LogP contribution in [0.3, 0.4) is 0 Å². The first kappa shape index (κ1) is 10.6. The molecule has 0 bridgehead atoms. The first-order chi connectivity index (χ1) is 7.27. The summed E-state index contributed by atoms with van der Waals surface area (Å²) in [6, 6.07) is 6.56. The fourth-order valence-electron chi connectivity index (χ4n) is 1.84. The molecular formula is C11H16N2OS. The second-order valence-corrected chi connectivity index (χ2v) is 4.68. The molecule has 3 nitrogen and oxygen atoms in total. The topological polar surface area (TPSA) is 38.5 Å². The van der Waals surface area contributed by atoms with Gasteiger partial charge in [-0.3, -0.25) is 0 Å². The van der Waals surface area contributed by atoms with E-state index in [1.807, 2.05) is 23.9 Å². The van der Waals surface area contributed by atoms with E-state index in [4.69, 9.17) is 10.5 Å². The van der Waals surface area contributed by atoms with Gasteiger partial charge in [-0.2, -0.15) is 0 Å². The van der Waals surface area contributed by atoms with Gasteiger partial charge in [-0.25, -0.2) is 0 Å². The van der Waals surface area contributed by atoms with Gasteiger partial charge >= 0.3 is 0 Å². The number of para-hydroxylation sites is 1. The molecule has 0 spiro atoms. The van der Waals surface area contributed by atoms with E-state index in [2.05, 4.69) is 18.0 Å². The predicted octanol–water partition coefficient (Wildman–Crippen LogP) is 1.56. The van der Waals surface area contributed by atoms with Crippen LogP contribution in [0.4, 0.5) is 5.69 Å². The summed E-state index contributed by atoms with van der Waals surface area (Å²) in [4.78, 5) is 3.51. The summed E-state index contributed by atoms with van der Waals surface area (Å²) in [5, 5.41) is 0. The Bertz CT molecular complexity index is 342. The second-order valence-electron chi connectivity index (χ2n) is 3.62. The van der Waals surface area contributed by atoms with Gasteiger partial charge in [0.15, 0.2) is 0 Å². The molecule has 1 aliphatic rings. The first-order valence-electron chi connectivity index (χ1n) is 5.00. The van der Waals surface area contributed by atoms with Crippen LogP contribution < -0.4 is 15.4 Å². The van der Waals surface area contributed by atoms with Crippen LogP contribution in [0.5, 0.6) is 5.75 Å². The van der Waals surface area contributed by atoms with Gasteiger partial charge in [0.1, 0.15) is 5.75 Å². The van der Waals surface area contributed by atoms with Crippen molar-refractivity contribution in [2.24, 2.45) is 5.73 Å². The van der Waals surface area contributed by atoms with Crippen LogP contribution in [0, 0.1) is 0 Å². The molecule has 0 amide bonds. The lowest BCUT2D eigenvalue weighted by atomic mass is 10.2. The lowest BCUT2D eigenvalue weighted by molar-refractivity contribution is 0.412. The van der Waals surface area contributed by atoms with Gasteiger partial charge in [0.25, 0.3) is 0 Å². The molecular weight excluding hydrogens is 208 g/mol. The van der Waals surface area contributed by atoms with Crippen molar-refractivity contribution in [2.45, 2.75) is 10.9 Å². The molecule has 0 aliphatic carbocycles. The SMILES string of the molecule is COc1cccc2c1N(C)C(CN)CS2. The number of ether oxygens (including phenoxy) is 1. The van der Waals surface area contributed by atoms with Gasteiger partial charge in [0.05, 0.1) is 18.8 Å². The van der Waals surface area contributed by atoms with Crippen LogP contribution in [0.2, 0.25) is 0 Å². The maximum Gasteiger partial charge on any atom is 0.143 e. The van der Waals surface area contributed by atoms with E-state index in [9.17, 15) is 0 Å². The van der Waals surface area contributed by atoms with Gasteiger partial charge in [-0.1, -0.05) is 6.07 Å². The van der Waals surface area contributed by atoms with Crippen molar-refractivity contribution in [2.75, 3.05) is 31.4 Å². The maximum absolute atomic E-state index is 5.75. The van der Waals surface area contributed by atoms with Gasteiger partial charge in [-0.15, -0.1) is 11.8 Å². The summed E-state index contributed by atoms with van der Waals surface area (Å²) in [5.41, 5.74) is 6.92. The zero-order chi connectivity index (χ0) is 10.8. The van der Waals surface area contributed by atoms with E-state index < -0.39 is 0 Å². The molecule has 82 valence electrons. The minimum absolute atomic E-state index is 0.402. The zero-order valence-corrected chi connectivity index (χ0v) is 9.88. The van der Waals surface area contributed by atoms with Gasteiger partial charge in [0.2, 0.25) is 0 Å². The summed E-state index contributed by atoms with van der Waals surface area (Å²) in [5.74, 6) is 1.98. The standard InChI is InChI=1S/C11H16N2OS/c1-13-8(6-12)7-15-10-5-3-4-9(14-2)11(10)13/h3-5,8H,6-7,12H2,1-2H3. The lowest BCUT2D eigenvalue weighted by Gasteiger charge is -2.35. The molecule has 4 heteroatoms. The Morgan fingerprint density at radius 2 is 2.40 bits per heavy atom. The molecule has 0 aromatic heterocycles. The van der Waals surface area contributed by atoms with Crippen molar-refractivity contribution in [3.63, 3.8) is 0 Å². The number of nitrogens with zero attached hydrogens (tertiary/aromatic N) is 1. The molecule has 2 N–H and O–H groups in total. The monoisotopic (exact) mass is 224 g/mol. The quantitative estimate of drug-likeness (QED) is 0.827. The second kappa shape index (κ2) is 4.33. The van der Waals surface area contributed by atoms with E-state index >= 15 is 0 Å². The van der Waals surface area contributed by atoms with Gasteiger partial charge in [-0.05, 0) is 12.1 Å². The highest BCUT2D eigenvalue weighted by Crippen LogP contribution is 2.42. The minimum atomic E-state index is 0.402. The van der Waals surface area contributed by atoms with Crippen molar-refractivity contribution in [1.29, 1.82) is 0 Å². The number of fused-ring (bicyclic) bond motifs is 1. The molecule has 1 atom stereocenters. The average Bonchev–Trinajstić information content (AvgIpc) is 2.29. The fraction of sp³-hybridized carbons (Fsp3) is 0.455. The van der Waals surface area contributed by atoms with E-state index in [1.165, 1.54) is 10.6 Å². The zero-order valence-electron chi connectivity index (χ0n) is 9.06. The molecule has 1 aliphatic heterocycles.